The highest BCUT2D eigenvalue weighted by Gasteiger charge is 2.27. The van der Waals surface area contributed by atoms with E-state index >= 15 is 4.39 Å². The molecule has 0 bridgehead atoms. The summed E-state index contributed by atoms with van der Waals surface area (Å²) >= 11 is 0. The summed E-state index contributed by atoms with van der Waals surface area (Å²) in [6.45, 7) is 2.08. The van der Waals surface area contributed by atoms with E-state index < -0.39 is 8.80 Å². The SMILES string of the molecule is C/C=C/CC[SiH]1CCC(c2ccc(-c3ccccc3)c(-c3ccc(F)cc3)c2F)CC1. The van der Waals surface area contributed by atoms with Gasteiger partial charge in [-0.25, -0.2) is 8.78 Å². The lowest BCUT2D eigenvalue weighted by Crippen LogP contribution is -2.20. The molecule has 1 saturated heterocycles. The van der Waals surface area contributed by atoms with Crippen LogP contribution in [0.15, 0.2) is 78.9 Å². The Bertz CT molecular complexity index is 1020. The Morgan fingerprint density at radius 3 is 2.26 bits per heavy atom. The first-order valence-corrected chi connectivity index (χ1v) is 13.9. The van der Waals surface area contributed by atoms with Gasteiger partial charge in [0.05, 0.1) is 0 Å². The largest absolute Gasteiger partial charge is 0.207 e. The number of hydrogen-bond acceptors (Lipinski definition) is 0. The number of halogens is 2. The van der Waals surface area contributed by atoms with Crippen LogP contribution in [0, 0.1) is 11.6 Å². The van der Waals surface area contributed by atoms with Crippen LogP contribution in [-0.2, 0) is 0 Å². The van der Waals surface area contributed by atoms with E-state index in [-0.39, 0.29) is 17.6 Å². The average molecular weight is 433 g/mol. The van der Waals surface area contributed by atoms with Crippen LogP contribution < -0.4 is 0 Å². The standard InChI is InChI=1S/C28H30F2Si/c1-2-3-7-18-31-19-16-22(17-20-31)26-15-14-25(21-8-5-4-6-9-21)27(28(26)30)23-10-12-24(29)13-11-23/h2-6,8-15,22,31H,7,16-20H2,1H3/b3-2+. The van der Waals surface area contributed by atoms with Crippen molar-refractivity contribution in [2.75, 3.05) is 0 Å². The fourth-order valence-electron chi connectivity index (χ4n) is 4.93. The summed E-state index contributed by atoms with van der Waals surface area (Å²) in [5.41, 5.74) is 4.00. The van der Waals surface area contributed by atoms with Gasteiger partial charge in [-0.1, -0.05) is 84.9 Å². The van der Waals surface area contributed by atoms with Crippen LogP contribution in [0.25, 0.3) is 22.3 Å². The summed E-state index contributed by atoms with van der Waals surface area (Å²) in [6, 6.07) is 24.1. The third-order valence-electron chi connectivity index (χ3n) is 6.65. The van der Waals surface area contributed by atoms with Crippen LogP contribution in [0.2, 0.25) is 18.1 Å². The second kappa shape index (κ2) is 10.2. The third-order valence-corrected chi connectivity index (χ3v) is 10.1. The number of benzene rings is 3. The molecule has 160 valence electrons. The molecule has 0 nitrogen and oxygen atoms in total. The van der Waals surface area contributed by atoms with Gasteiger partial charge in [0, 0.05) is 14.4 Å². The van der Waals surface area contributed by atoms with Crippen molar-refractivity contribution < 1.29 is 8.78 Å². The maximum atomic E-state index is 16.0. The van der Waals surface area contributed by atoms with E-state index in [0.29, 0.717) is 5.56 Å². The van der Waals surface area contributed by atoms with Crippen LogP contribution in [0.5, 0.6) is 0 Å². The summed E-state index contributed by atoms with van der Waals surface area (Å²) < 4.78 is 29.6. The molecule has 0 unspecified atom stereocenters. The molecule has 0 saturated carbocycles. The molecule has 0 spiro atoms. The molecular weight excluding hydrogens is 402 g/mol. The number of hydrogen-bond donors (Lipinski definition) is 0. The second-order valence-electron chi connectivity index (χ2n) is 8.63. The van der Waals surface area contributed by atoms with Crippen molar-refractivity contribution >= 4 is 8.80 Å². The van der Waals surface area contributed by atoms with Gasteiger partial charge in [0.2, 0.25) is 0 Å². The van der Waals surface area contributed by atoms with Gasteiger partial charge in [-0.3, -0.25) is 0 Å². The molecule has 3 aromatic rings. The lowest BCUT2D eigenvalue weighted by atomic mass is 9.86. The fourth-order valence-corrected chi connectivity index (χ4v) is 8.20. The molecule has 1 fully saturated rings. The Balaban J connectivity index is 1.66. The topological polar surface area (TPSA) is 0 Å². The Hall–Kier alpha value is -2.52. The number of allylic oxidation sites excluding steroid dienone is 2. The van der Waals surface area contributed by atoms with Gasteiger partial charge in [0.15, 0.2) is 0 Å². The van der Waals surface area contributed by atoms with Gasteiger partial charge >= 0.3 is 0 Å². The maximum Gasteiger partial charge on any atom is 0.135 e. The Labute approximate surface area is 186 Å². The Kier molecular flexibility index (Phi) is 7.13. The molecule has 3 heteroatoms. The van der Waals surface area contributed by atoms with Crippen molar-refractivity contribution in [3.63, 3.8) is 0 Å². The van der Waals surface area contributed by atoms with Crippen LogP contribution in [0.3, 0.4) is 0 Å². The molecule has 31 heavy (non-hydrogen) atoms. The first kappa shape index (κ1) is 21.7. The second-order valence-corrected chi connectivity index (χ2v) is 12.1. The van der Waals surface area contributed by atoms with Crippen LogP contribution in [0.4, 0.5) is 8.78 Å². The van der Waals surface area contributed by atoms with E-state index in [1.54, 1.807) is 12.1 Å². The molecule has 0 amide bonds. The first-order valence-electron chi connectivity index (χ1n) is 11.4. The highest BCUT2D eigenvalue weighted by Crippen LogP contribution is 2.42. The predicted octanol–water partition coefficient (Wildman–Crippen LogP) is 8.37. The monoisotopic (exact) mass is 432 g/mol. The van der Waals surface area contributed by atoms with Crippen LogP contribution in [0.1, 0.15) is 37.7 Å². The van der Waals surface area contributed by atoms with E-state index in [9.17, 15) is 4.39 Å². The Morgan fingerprint density at radius 1 is 0.871 bits per heavy atom. The van der Waals surface area contributed by atoms with Gasteiger partial charge in [-0.15, -0.1) is 0 Å². The molecule has 0 aromatic heterocycles. The lowest BCUT2D eigenvalue weighted by Gasteiger charge is -2.29. The molecule has 1 aliphatic rings. The minimum absolute atomic E-state index is 0.132. The van der Waals surface area contributed by atoms with Crippen molar-refractivity contribution in [2.45, 2.75) is 50.2 Å². The summed E-state index contributed by atoms with van der Waals surface area (Å²) in [6.07, 6.45) is 7.80. The molecular formula is C28H30F2Si. The van der Waals surface area contributed by atoms with E-state index in [1.165, 1.54) is 36.7 Å². The highest BCUT2D eigenvalue weighted by atomic mass is 28.3. The molecule has 3 aromatic carbocycles. The van der Waals surface area contributed by atoms with Gasteiger partial charge in [-0.2, -0.15) is 0 Å². The molecule has 4 rings (SSSR count). The predicted molar refractivity (Wildman–Crippen MR) is 130 cm³/mol. The lowest BCUT2D eigenvalue weighted by molar-refractivity contribution is 0.546. The van der Waals surface area contributed by atoms with E-state index in [1.807, 2.05) is 36.4 Å². The molecule has 0 atom stereocenters. The summed E-state index contributed by atoms with van der Waals surface area (Å²) in [4.78, 5) is 0. The summed E-state index contributed by atoms with van der Waals surface area (Å²) in [5, 5.41) is 0. The molecule has 0 N–H and O–H groups in total. The normalized spacial score (nSPS) is 19.1. The molecule has 1 heterocycles. The average Bonchev–Trinajstić information content (AvgIpc) is 2.81. The summed E-state index contributed by atoms with van der Waals surface area (Å²) in [7, 11) is -0.687. The quantitative estimate of drug-likeness (QED) is 0.271. The number of rotatable bonds is 6. The van der Waals surface area contributed by atoms with Crippen molar-refractivity contribution in [2.24, 2.45) is 0 Å². The van der Waals surface area contributed by atoms with Crippen molar-refractivity contribution in [3.8, 4) is 22.3 Å². The van der Waals surface area contributed by atoms with Crippen LogP contribution >= 0.6 is 0 Å². The highest BCUT2D eigenvalue weighted by molar-refractivity contribution is 6.59. The zero-order valence-corrected chi connectivity index (χ0v) is 19.3. The zero-order chi connectivity index (χ0) is 21.6. The zero-order valence-electron chi connectivity index (χ0n) is 18.2. The van der Waals surface area contributed by atoms with Crippen LogP contribution in [-0.4, -0.2) is 8.80 Å². The van der Waals surface area contributed by atoms with E-state index in [4.69, 9.17) is 0 Å². The van der Waals surface area contributed by atoms with E-state index in [2.05, 4.69) is 25.1 Å². The summed E-state index contributed by atoms with van der Waals surface area (Å²) in [5.74, 6) is -0.149. The minimum atomic E-state index is -0.687. The van der Waals surface area contributed by atoms with Crippen molar-refractivity contribution in [1.29, 1.82) is 0 Å². The van der Waals surface area contributed by atoms with Gasteiger partial charge in [0.25, 0.3) is 0 Å². The van der Waals surface area contributed by atoms with Gasteiger partial charge in [-0.05, 0) is 66.5 Å². The minimum Gasteiger partial charge on any atom is -0.207 e. The van der Waals surface area contributed by atoms with Crippen molar-refractivity contribution in [1.82, 2.24) is 0 Å². The van der Waals surface area contributed by atoms with Gasteiger partial charge in [0.1, 0.15) is 11.6 Å². The van der Waals surface area contributed by atoms with Crippen molar-refractivity contribution in [3.05, 3.63) is 96.1 Å². The maximum absolute atomic E-state index is 16.0. The van der Waals surface area contributed by atoms with E-state index in [0.717, 1.165) is 35.1 Å². The Morgan fingerprint density at radius 2 is 1.58 bits per heavy atom. The fraction of sp³-hybridized carbons (Fsp3) is 0.286. The molecule has 0 radical (unpaired) electrons. The first-order chi connectivity index (χ1) is 15.2. The molecule has 0 aliphatic carbocycles. The smallest absolute Gasteiger partial charge is 0.135 e. The third kappa shape index (κ3) is 5.04. The van der Waals surface area contributed by atoms with Gasteiger partial charge < -0.3 is 0 Å². The molecule has 1 aliphatic heterocycles.